The lowest BCUT2D eigenvalue weighted by atomic mass is 10.3. The fraction of sp³-hybridized carbons (Fsp3) is 0.222. The van der Waals surface area contributed by atoms with Crippen molar-refractivity contribution in [2.24, 2.45) is 0 Å². The summed E-state index contributed by atoms with van der Waals surface area (Å²) in [4.78, 5) is 11.6. The van der Waals surface area contributed by atoms with E-state index in [9.17, 15) is 4.79 Å². The fourth-order valence-corrected chi connectivity index (χ4v) is 2.06. The Morgan fingerprint density at radius 3 is 3.07 bits per heavy atom. The minimum absolute atomic E-state index is 0.374. The van der Waals surface area contributed by atoms with Gasteiger partial charge in [-0.3, -0.25) is 4.79 Å². The lowest BCUT2D eigenvalue weighted by Gasteiger charge is -1.97. The predicted molar refractivity (Wildman–Crippen MR) is 53.6 cm³/mol. The first kappa shape index (κ1) is 9.08. The van der Waals surface area contributed by atoms with Gasteiger partial charge in [-0.05, 0) is 23.9 Å². The first-order valence-electron chi connectivity index (χ1n) is 4.18. The first-order chi connectivity index (χ1) is 6.79. The lowest BCUT2D eigenvalue weighted by molar-refractivity contribution is 0.111. The Bertz CT molecular complexity index is 446. The zero-order valence-electron chi connectivity index (χ0n) is 7.67. The van der Waals surface area contributed by atoms with E-state index < -0.39 is 0 Å². The van der Waals surface area contributed by atoms with Crippen LogP contribution in [-0.2, 0) is 6.54 Å². The summed E-state index contributed by atoms with van der Waals surface area (Å²) in [5, 5.41) is 9.58. The Morgan fingerprint density at radius 2 is 2.50 bits per heavy atom. The van der Waals surface area contributed by atoms with E-state index in [1.165, 1.54) is 10.4 Å². The summed E-state index contributed by atoms with van der Waals surface area (Å²) < 4.78 is 1.67. The van der Waals surface area contributed by atoms with Crippen LogP contribution in [0.15, 0.2) is 17.6 Å². The second-order valence-electron chi connectivity index (χ2n) is 2.99. The van der Waals surface area contributed by atoms with Crippen LogP contribution in [-0.4, -0.2) is 21.3 Å². The number of aromatic nitrogens is 3. The highest BCUT2D eigenvalue weighted by molar-refractivity contribution is 7.10. The molecule has 0 saturated heterocycles. The summed E-state index contributed by atoms with van der Waals surface area (Å²) in [6, 6.07) is 2.07. The Balaban J connectivity index is 2.18. The standard InChI is InChI=1S/C9H9N3OS/c1-7-2-3-14-9(7)5-12-4-8(6-13)10-11-12/h2-4,6H,5H2,1H3. The molecule has 0 aliphatic heterocycles. The van der Waals surface area contributed by atoms with Crippen molar-refractivity contribution >= 4 is 17.6 Å². The van der Waals surface area contributed by atoms with Crippen LogP contribution in [0.2, 0.25) is 0 Å². The highest BCUT2D eigenvalue weighted by Crippen LogP contribution is 2.16. The Kier molecular flexibility index (Phi) is 2.41. The minimum atomic E-state index is 0.374. The molecule has 0 fully saturated rings. The summed E-state index contributed by atoms with van der Waals surface area (Å²) in [6.45, 7) is 2.74. The third-order valence-electron chi connectivity index (χ3n) is 1.95. The summed E-state index contributed by atoms with van der Waals surface area (Å²) in [7, 11) is 0. The molecule has 0 unspecified atom stereocenters. The van der Waals surface area contributed by atoms with E-state index in [1.54, 1.807) is 22.2 Å². The number of thiophene rings is 1. The maximum Gasteiger partial charge on any atom is 0.171 e. The van der Waals surface area contributed by atoms with Gasteiger partial charge in [-0.15, -0.1) is 16.4 Å². The Hall–Kier alpha value is -1.49. The topological polar surface area (TPSA) is 47.8 Å². The van der Waals surface area contributed by atoms with Gasteiger partial charge in [-0.2, -0.15) is 0 Å². The van der Waals surface area contributed by atoms with Crippen LogP contribution < -0.4 is 0 Å². The van der Waals surface area contributed by atoms with Crippen molar-refractivity contribution in [3.05, 3.63) is 33.8 Å². The third kappa shape index (κ3) is 1.72. The zero-order valence-corrected chi connectivity index (χ0v) is 8.49. The smallest absolute Gasteiger partial charge is 0.171 e. The maximum absolute atomic E-state index is 10.4. The SMILES string of the molecule is Cc1ccsc1Cn1cc(C=O)nn1. The van der Waals surface area contributed by atoms with Gasteiger partial charge in [-0.1, -0.05) is 5.21 Å². The minimum Gasteiger partial charge on any atom is -0.296 e. The van der Waals surface area contributed by atoms with Gasteiger partial charge in [0, 0.05) is 4.88 Å². The number of rotatable bonds is 3. The van der Waals surface area contributed by atoms with Gasteiger partial charge in [0.25, 0.3) is 0 Å². The lowest BCUT2D eigenvalue weighted by Crippen LogP contribution is -1.99. The van der Waals surface area contributed by atoms with E-state index in [4.69, 9.17) is 0 Å². The molecule has 0 N–H and O–H groups in total. The van der Waals surface area contributed by atoms with Crippen molar-refractivity contribution in [1.29, 1.82) is 0 Å². The van der Waals surface area contributed by atoms with E-state index in [0.717, 1.165) is 0 Å². The van der Waals surface area contributed by atoms with Crippen LogP contribution >= 0.6 is 11.3 Å². The molecule has 0 saturated carbocycles. The molecule has 14 heavy (non-hydrogen) atoms. The van der Waals surface area contributed by atoms with Crippen molar-refractivity contribution in [2.75, 3.05) is 0 Å². The van der Waals surface area contributed by atoms with Crippen LogP contribution in [0.25, 0.3) is 0 Å². The number of hydrogen-bond acceptors (Lipinski definition) is 4. The third-order valence-corrected chi connectivity index (χ3v) is 2.96. The molecule has 0 radical (unpaired) electrons. The molecular formula is C9H9N3OS. The van der Waals surface area contributed by atoms with Crippen molar-refractivity contribution in [1.82, 2.24) is 15.0 Å². The van der Waals surface area contributed by atoms with Gasteiger partial charge >= 0.3 is 0 Å². The van der Waals surface area contributed by atoms with Gasteiger partial charge in [0.1, 0.15) is 5.69 Å². The normalized spacial score (nSPS) is 10.4. The van der Waals surface area contributed by atoms with E-state index in [0.29, 0.717) is 18.5 Å². The average Bonchev–Trinajstić information content (AvgIpc) is 2.77. The molecule has 2 aromatic rings. The number of aryl methyl sites for hydroxylation is 1. The van der Waals surface area contributed by atoms with E-state index in [-0.39, 0.29) is 0 Å². The van der Waals surface area contributed by atoms with Crippen molar-refractivity contribution in [3.63, 3.8) is 0 Å². The maximum atomic E-state index is 10.4. The number of aldehydes is 1. The second kappa shape index (κ2) is 3.71. The summed E-state index contributed by atoms with van der Waals surface area (Å²) in [5.41, 5.74) is 1.62. The monoisotopic (exact) mass is 207 g/mol. The second-order valence-corrected chi connectivity index (χ2v) is 3.99. The van der Waals surface area contributed by atoms with Crippen LogP contribution in [0.4, 0.5) is 0 Å². The van der Waals surface area contributed by atoms with Crippen LogP contribution in [0.5, 0.6) is 0 Å². The van der Waals surface area contributed by atoms with Gasteiger partial charge in [0.05, 0.1) is 12.7 Å². The number of carbonyl (C=O) groups excluding carboxylic acids is 1. The number of nitrogens with zero attached hydrogens (tertiary/aromatic N) is 3. The molecule has 0 amide bonds. The largest absolute Gasteiger partial charge is 0.296 e. The Morgan fingerprint density at radius 1 is 1.64 bits per heavy atom. The Labute approximate surface area is 85.2 Å². The van der Waals surface area contributed by atoms with Crippen LogP contribution in [0.3, 0.4) is 0 Å². The van der Waals surface area contributed by atoms with Crippen molar-refractivity contribution < 1.29 is 4.79 Å². The number of hydrogen-bond donors (Lipinski definition) is 0. The van der Waals surface area contributed by atoms with Crippen molar-refractivity contribution in [2.45, 2.75) is 13.5 Å². The van der Waals surface area contributed by atoms with Gasteiger partial charge in [-0.25, -0.2) is 4.68 Å². The van der Waals surface area contributed by atoms with Crippen LogP contribution in [0.1, 0.15) is 20.9 Å². The fourth-order valence-electron chi connectivity index (χ4n) is 1.16. The van der Waals surface area contributed by atoms with E-state index in [1.807, 2.05) is 5.38 Å². The van der Waals surface area contributed by atoms with E-state index in [2.05, 4.69) is 23.3 Å². The molecule has 2 heterocycles. The highest BCUT2D eigenvalue weighted by Gasteiger charge is 2.03. The molecule has 72 valence electrons. The van der Waals surface area contributed by atoms with Gasteiger partial charge < -0.3 is 0 Å². The summed E-state index contributed by atoms with van der Waals surface area (Å²) in [6.07, 6.45) is 2.34. The predicted octanol–water partition coefficient (Wildman–Crippen LogP) is 1.51. The zero-order chi connectivity index (χ0) is 9.97. The molecule has 2 aromatic heterocycles. The quantitative estimate of drug-likeness (QED) is 0.717. The highest BCUT2D eigenvalue weighted by atomic mass is 32.1. The molecule has 0 atom stereocenters. The first-order valence-corrected chi connectivity index (χ1v) is 5.06. The average molecular weight is 207 g/mol. The van der Waals surface area contributed by atoms with Crippen LogP contribution in [0, 0.1) is 6.92 Å². The van der Waals surface area contributed by atoms with E-state index >= 15 is 0 Å². The number of carbonyl (C=O) groups is 1. The summed E-state index contributed by atoms with van der Waals surface area (Å²) in [5.74, 6) is 0. The molecule has 0 spiro atoms. The van der Waals surface area contributed by atoms with Gasteiger partial charge in [0.2, 0.25) is 0 Å². The summed E-state index contributed by atoms with van der Waals surface area (Å²) >= 11 is 1.68. The van der Waals surface area contributed by atoms with Crippen molar-refractivity contribution in [3.8, 4) is 0 Å². The molecule has 5 heteroatoms. The van der Waals surface area contributed by atoms with Gasteiger partial charge in [0.15, 0.2) is 6.29 Å². The molecule has 0 aliphatic carbocycles. The molecular weight excluding hydrogens is 198 g/mol. The molecule has 0 aromatic carbocycles. The molecule has 0 bridgehead atoms. The molecule has 0 aliphatic rings. The molecule has 2 rings (SSSR count). The molecule has 4 nitrogen and oxygen atoms in total.